The molecule has 0 heterocycles. The molecule has 0 amide bonds. The van der Waals surface area contributed by atoms with Crippen molar-refractivity contribution >= 4 is 0 Å². The first-order valence-corrected chi connectivity index (χ1v) is 6.86. The molecule has 0 aromatic heterocycles. The first-order chi connectivity index (χ1) is 6.86. The Morgan fingerprint density at radius 2 is 0.933 bits per heavy atom. The van der Waals surface area contributed by atoms with Crippen LogP contribution in [0.1, 0.15) is 78.1 Å². The molecular weight excluding hydrogens is 224 g/mol. The predicted octanol–water partition coefficient (Wildman–Crippen LogP) is 5.17. The summed E-state index contributed by atoms with van der Waals surface area (Å²) in [4.78, 5) is 0. The van der Waals surface area contributed by atoms with E-state index in [2.05, 4.69) is 13.8 Å². The SMILES string of the molecule is CCC1CCCC1.CCC1CCCC1.[Fe]. The molecule has 0 bridgehead atoms. The standard InChI is InChI=1S/2C7H14.Fe/c2*1-2-7-5-3-4-6-7;/h2*7H,2-6H2,1H3;. The summed E-state index contributed by atoms with van der Waals surface area (Å²) in [7, 11) is 0. The van der Waals surface area contributed by atoms with Gasteiger partial charge in [-0.15, -0.1) is 0 Å². The van der Waals surface area contributed by atoms with Crippen LogP contribution in [-0.4, -0.2) is 0 Å². The average Bonchev–Trinajstić information content (AvgIpc) is 2.92. The minimum atomic E-state index is 0. The van der Waals surface area contributed by atoms with Crippen molar-refractivity contribution in [2.75, 3.05) is 0 Å². The van der Waals surface area contributed by atoms with E-state index in [9.17, 15) is 0 Å². The Bertz CT molecular complexity index is 105. The molecule has 0 atom stereocenters. The van der Waals surface area contributed by atoms with Crippen LogP contribution in [0.3, 0.4) is 0 Å². The molecule has 15 heavy (non-hydrogen) atoms. The van der Waals surface area contributed by atoms with Crippen LogP contribution in [-0.2, 0) is 17.1 Å². The minimum Gasteiger partial charge on any atom is -0.0651 e. The summed E-state index contributed by atoms with van der Waals surface area (Å²) >= 11 is 0. The summed E-state index contributed by atoms with van der Waals surface area (Å²) in [5.74, 6) is 2.19. The van der Waals surface area contributed by atoms with Gasteiger partial charge in [-0.25, -0.2) is 0 Å². The Morgan fingerprint density at radius 1 is 0.667 bits per heavy atom. The van der Waals surface area contributed by atoms with Gasteiger partial charge in [-0.1, -0.05) is 78.1 Å². The van der Waals surface area contributed by atoms with E-state index in [4.69, 9.17) is 0 Å². The smallest absolute Gasteiger partial charge is 0 e. The van der Waals surface area contributed by atoms with Crippen molar-refractivity contribution in [3.05, 3.63) is 0 Å². The summed E-state index contributed by atoms with van der Waals surface area (Å²) in [6.07, 6.45) is 14.9. The monoisotopic (exact) mass is 252 g/mol. The Labute approximate surface area is 107 Å². The third-order valence-electron chi connectivity index (χ3n) is 4.10. The van der Waals surface area contributed by atoms with E-state index in [1.54, 1.807) is 0 Å². The second-order valence-electron chi connectivity index (χ2n) is 5.12. The maximum atomic E-state index is 2.30. The first-order valence-electron chi connectivity index (χ1n) is 6.86. The van der Waals surface area contributed by atoms with Gasteiger partial charge in [-0.2, -0.15) is 0 Å². The minimum absolute atomic E-state index is 0. The fraction of sp³-hybridized carbons (Fsp3) is 1.00. The molecule has 2 aliphatic carbocycles. The van der Waals surface area contributed by atoms with Gasteiger partial charge >= 0.3 is 0 Å². The van der Waals surface area contributed by atoms with Crippen molar-refractivity contribution in [3.63, 3.8) is 0 Å². The fourth-order valence-electron chi connectivity index (χ4n) is 2.84. The van der Waals surface area contributed by atoms with Crippen LogP contribution in [0.25, 0.3) is 0 Å². The van der Waals surface area contributed by atoms with Gasteiger partial charge in [-0.05, 0) is 11.8 Å². The largest absolute Gasteiger partial charge is 0.0651 e. The summed E-state index contributed by atoms with van der Waals surface area (Å²) in [6.45, 7) is 4.60. The molecule has 2 rings (SSSR count). The molecule has 1 heteroatoms. The second kappa shape index (κ2) is 9.72. The Kier molecular flexibility index (Phi) is 10.1. The van der Waals surface area contributed by atoms with Gasteiger partial charge in [0.25, 0.3) is 0 Å². The van der Waals surface area contributed by atoms with Gasteiger partial charge in [0.05, 0.1) is 0 Å². The maximum Gasteiger partial charge on any atom is 0 e. The van der Waals surface area contributed by atoms with Crippen LogP contribution in [0, 0.1) is 11.8 Å². The molecule has 0 aromatic carbocycles. The van der Waals surface area contributed by atoms with Crippen molar-refractivity contribution in [3.8, 4) is 0 Å². The van der Waals surface area contributed by atoms with E-state index in [1.807, 2.05) is 0 Å². The van der Waals surface area contributed by atoms with E-state index >= 15 is 0 Å². The van der Waals surface area contributed by atoms with Crippen LogP contribution in [0.2, 0.25) is 0 Å². The number of hydrogen-bond donors (Lipinski definition) is 0. The van der Waals surface area contributed by atoms with Crippen LogP contribution in [0.4, 0.5) is 0 Å². The van der Waals surface area contributed by atoms with E-state index in [1.165, 1.54) is 64.2 Å². The molecule has 0 nitrogen and oxygen atoms in total. The normalized spacial score (nSPS) is 22.0. The van der Waals surface area contributed by atoms with Gasteiger partial charge < -0.3 is 0 Å². The van der Waals surface area contributed by atoms with E-state index in [-0.39, 0.29) is 17.1 Å². The molecule has 0 N–H and O–H groups in total. The molecule has 2 fully saturated rings. The zero-order valence-corrected chi connectivity index (χ0v) is 11.7. The van der Waals surface area contributed by atoms with Crippen molar-refractivity contribution in [1.82, 2.24) is 0 Å². The molecule has 2 saturated carbocycles. The van der Waals surface area contributed by atoms with Crippen LogP contribution in [0.5, 0.6) is 0 Å². The Morgan fingerprint density at radius 3 is 1.07 bits per heavy atom. The zero-order chi connectivity index (χ0) is 10.2. The zero-order valence-electron chi connectivity index (χ0n) is 10.6. The van der Waals surface area contributed by atoms with Crippen LogP contribution in [0.15, 0.2) is 0 Å². The van der Waals surface area contributed by atoms with Crippen molar-refractivity contribution in [2.45, 2.75) is 78.1 Å². The number of hydrogen-bond acceptors (Lipinski definition) is 0. The van der Waals surface area contributed by atoms with Gasteiger partial charge in [-0.3, -0.25) is 0 Å². The molecule has 2 aliphatic rings. The van der Waals surface area contributed by atoms with Gasteiger partial charge in [0, 0.05) is 17.1 Å². The van der Waals surface area contributed by atoms with Crippen molar-refractivity contribution < 1.29 is 17.1 Å². The Balaban J connectivity index is 0.000000245. The predicted molar refractivity (Wildman–Crippen MR) is 64.5 cm³/mol. The third-order valence-corrected chi connectivity index (χ3v) is 4.10. The van der Waals surface area contributed by atoms with Crippen molar-refractivity contribution in [2.24, 2.45) is 11.8 Å². The van der Waals surface area contributed by atoms with Gasteiger partial charge in [0.15, 0.2) is 0 Å². The quantitative estimate of drug-likeness (QED) is 0.594. The second-order valence-corrected chi connectivity index (χ2v) is 5.12. The van der Waals surface area contributed by atoms with Crippen LogP contribution >= 0.6 is 0 Å². The van der Waals surface area contributed by atoms with Gasteiger partial charge in [0.2, 0.25) is 0 Å². The van der Waals surface area contributed by atoms with Crippen LogP contribution < -0.4 is 0 Å². The summed E-state index contributed by atoms with van der Waals surface area (Å²) in [6, 6.07) is 0. The van der Waals surface area contributed by atoms with E-state index in [0.29, 0.717) is 0 Å². The van der Waals surface area contributed by atoms with Crippen molar-refractivity contribution in [1.29, 1.82) is 0 Å². The molecule has 0 saturated heterocycles. The van der Waals surface area contributed by atoms with Gasteiger partial charge in [0.1, 0.15) is 0 Å². The molecule has 0 spiro atoms. The topological polar surface area (TPSA) is 0 Å². The average molecular weight is 252 g/mol. The molecule has 0 unspecified atom stereocenters. The molecule has 0 aliphatic heterocycles. The molecule has 92 valence electrons. The first kappa shape index (κ1) is 15.5. The Hall–Kier alpha value is 0.519. The number of rotatable bonds is 2. The fourth-order valence-corrected chi connectivity index (χ4v) is 2.84. The molecular formula is C14H28Fe. The molecule has 0 aromatic rings. The summed E-state index contributed by atoms with van der Waals surface area (Å²) in [5.41, 5.74) is 0. The summed E-state index contributed by atoms with van der Waals surface area (Å²) in [5, 5.41) is 0. The molecule has 0 radical (unpaired) electrons. The maximum absolute atomic E-state index is 2.30. The summed E-state index contributed by atoms with van der Waals surface area (Å²) < 4.78 is 0. The van der Waals surface area contributed by atoms with E-state index in [0.717, 1.165) is 11.8 Å². The third kappa shape index (κ3) is 6.64. The van der Waals surface area contributed by atoms with E-state index < -0.39 is 0 Å².